The Morgan fingerprint density at radius 1 is 0.769 bits per heavy atom. The summed E-state index contributed by atoms with van der Waals surface area (Å²) in [6, 6.07) is 0. The summed E-state index contributed by atoms with van der Waals surface area (Å²) >= 11 is 0. The molecule has 0 spiro atoms. The molecule has 1 radical (unpaired) electrons. The first kappa shape index (κ1) is 9.55. The lowest BCUT2D eigenvalue weighted by Gasteiger charge is -2.28. The third kappa shape index (κ3) is 3.00. The van der Waals surface area contributed by atoms with Crippen molar-refractivity contribution >= 4 is 0 Å². The SMILES string of the molecule is C1CC[C](CC2CCCCC2)CC1. The van der Waals surface area contributed by atoms with Crippen molar-refractivity contribution in [2.45, 2.75) is 70.6 Å². The van der Waals surface area contributed by atoms with Crippen LogP contribution in [-0.4, -0.2) is 0 Å². The second-order valence-electron chi connectivity index (χ2n) is 5.02. The van der Waals surface area contributed by atoms with E-state index >= 15 is 0 Å². The van der Waals surface area contributed by atoms with E-state index in [1.54, 1.807) is 0 Å². The molecule has 0 N–H and O–H groups in total. The Labute approximate surface area is 83.1 Å². The molecule has 0 bridgehead atoms. The number of hydrogen-bond donors (Lipinski definition) is 0. The monoisotopic (exact) mass is 179 g/mol. The highest BCUT2D eigenvalue weighted by molar-refractivity contribution is 4.94. The lowest BCUT2D eigenvalue weighted by molar-refractivity contribution is 0.325. The third-order valence-electron chi connectivity index (χ3n) is 3.86. The van der Waals surface area contributed by atoms with Crippen LogP contribution in [0.5, 0.6) is 0 Å². The first-order valence-corrected chi connectivity index (χ1v) is 6.29. The van der Waals surface area contributed by atoms with Crippen LogP contribution in [0.15, 0.2) is 0 Å². The normalized spacial score (nSPS) is 27.7. The Balaban J connectivity index is 1.69. The van der Waals surface area contributed by atoms with Gasteiger partial charge in [-0.05, 0) is 31.1 Å². The first-order chi connectivity index (χ1) is 6.45. The van der Waals surface area contributed by atoms with Crippen LogP contribution in [0.3, 0.4) is 0 Å². The molecule has 0 heteroatoms. The Hall–Kier alpha value is 0. The Morgan fingerprint density at radius 3 is 2.08 bits per heavy atom. The molecule has 0 aromatic carbocycles. The van der Waals surface area contributed by atoms with Crippen molar-refractivity contribution in [2.24, 2.45) is 5.92 Å². The van der Waals surface area contributed by atoms with Gasteiger partial charge in [0.2, 0.25) is 0 Å². The molecule has 0 unspecified atom stereocenters. The average molecular weight is 179 g/mol. The lowest BCUT2D eigenvalue weighted by atomic mass is 9.78. The summed E-state index contributed by atoms with van der Waals surface area (Å²) in [5, 5.41) is 0. The predicted molar refractivity (Wildman–Crippen MR) is 57.5 cm³/mol. The highest BCUT2D eigenvalue weighted by atomic mass is 14.3. The molecule has 2 aliphatic carbocycles. The zero-order valence-electron chi connectivity index (χ0n) is 8.86. The molecule has 0 aliphatic heterocycles. The molecule has 2 rings (SSSR count). The Morgan fingerprint density at radius 2 is 1.38 bits per heavy atom. The van der Waals surface area contributed by atoms with Crippen molar-refractivity contribution < 1.29 is 0 Å². The van der Waals surface area contributed by atoms with Gasteiger partial charge in [0.15, 0.2) is 0 Å². The van der Waals surface area contributed by atoms with Crippen LogP contribution < -0.4 is 0 Å². The van der Waals surface area contributed by atoms with Crippen LogP contribution in [0.2, 0.25) is 0 Å². The number of rotatable bonds is 2. The summed E-state index contributed by atoms with van der Waals surface area (Å²) in [7, 11) is 0. The first-order valence-electron chi connectivity index (χ1n) is 6.29. The zero-order chi connectivity index (χ0) is 8.93. The van der Waals surface area contributed by atoms with Gasteiger partial charge < -0.3 is 0 Å². The molecule has 2 fully saturated rings. The molecule has 75 valence electrons. The van der Waals surface area contributed by atoms with E-state index in [0.29, 0.717) is 0 Å². The summed E-state index contributed by atoms with van der Waals surface area (Å²) in [6.07, 6.45) is 16.5. The molecule has 0 nitrogen and oxygen atoms in total. The second kappa shape index (κ2) is 5.02. The maximum absolute atomic E-state index is 1.91. The molecule has 0 atom stereocenters. The fourth-order valence-electron chi connectivity index (χ4n) is 3.06. The largest absolute Gasteiger partial charge is 0.0533 e. The molecule has 2 saturated carbocycles. The van der Waals surface area contributed by atoms with E-state index in [2.05, 4.69) is 0 Å². The zero-order valence-corrected chi connectivity index (χ0v) is 8.86. The van der Waals surface area contributed by atoms with Crippen molar-refractivity contribution in [3.63, 3.8) is 0 Å². The van der Waals surface area contributed by atoms with E-state index in [9.17, 15) is 0 Å². The third-order valence-corrected chi connectivity index (χ3v) is 3.86. The van der Waals surface area contributed by atoms with Gasteiger partial charge in [-0.1, -0.05) is 51.4 Å². The molecule has 2 aliphatic rings. The molecular weight excluding hydrogens is 156 g/mol. The van der Waals surface area contributed by atoms with Crippen molar-refractivity contribution in [3.05, 3.63) is 5.92 Å². The van der Waals surface area contributed by atoms with Gasteiger partial charge in [0.1, 0.15) is 0 Å². The number of hydrogen-bond acceptors (Lipinski definition) is 0. The highest BCUT2D eigenvalue weighted by Gasteiger charge is 2.20. The van der Waals surface area contributed by atoms with Gasteiger partial charge in [-0.25, -0.2) is 0 Å². The lowest BCUT2D eigenvalue weighted by Crippen LogP contribution is -2.13. The average Bonchev–Trinajstić information content (AvgIpc) is 2.21. The molecule has 0 aromatic heterocycles. The van der Waals surface area contributed by atoms with Gasteiger partial charge in [-0.2, -0.15) is 0 Å². The van der Waals surface area contributed by atoms with Crippen molar-refractivity contribution in [2.75, 3.05) is 0 Å². The molecular formula is C13H23. The highest BCUT2D eigenvalue weighted by Crippen LogP contribution is 2.36. The van der Waals surface area contributed by atoms with E-state index in [1.165, 1.54) is 70.6 Å². The predicted octanol–water partition coefficient (Wildman–Crippen LogP) is 4.50. The van der Waals surface area contributed by atoms with Crippen molar-refractivity contribution in [1.82, 2.24) is 0 Å². The van der Waals surface area contributed by atoms with Gasteiger partial charge in [0.05, 0.1) is 0 Å². The second-order valence-corrected chi connectivity index (χ2v) is 5.02. The molecule has 0 heterocycles. The minimum Gasteiger partial charge on any atom is -0.0533 e. The fourth-order valence-corrected chi connectivity index (χ4v) is 3.06. The summed E-state index contributed by atoms with van der Waals surface area (Å²) in [6.45, 7) is 0. The topological polar surface area (TPSA) is 0 Å². The summed E-state index contributed by atoms with van der Waals surface area (Å²) in [5.41, 5.74) is 0. The quantitative estimate of drug-likeness (QED) is 0.585. The summed E-state index contributed by atoms with van der Waals surface area (Å²) in [4.78, 5) is 0. The minimum absolute atomic E-state index is 1.09. The fraction of sp³-hybridized carbons (Fsp3) is 0.923. The van der Waals surface area contributed by atoms with Crippen LogP contribution in [0.25, 0.3) is 0 Å². The van der Waals surface area contributed by atoms with Crippen LogP contribution >= 0.6 is 0 Å². The standard InChI is InChI=1S/C13H23/c1-3-7-12(8-4-1)11-13-9-5-2-6-10-13/h12H,1-11H2. The van der Waals surface area contributed by atoms with E-state index < -0.39 is 0 Å². The van der Waals surface area contributed by atoms with E-state index in [0.717, 1.165) is 5.92 Å². The van der Waals surface area contributed by atoms with E-state index in [1.807, 2.05) is 5.92 Å². The molecule has 13 heavy (non-hydrogen) atoms. The van der Waals surface area contributed by atoms with E-state index in [-0.39, 0.29) is 0 Å². The minimum atomic E-state index is 1.09. The summed E-state index contributed by atoms with van der Waals surface area (Å²) < 4.78 is 0. The van der Waals surface area contributed by atoms with Gasteiger partial charge in [0.25, 0.3) is 0 Å². The maximum Gasteiger partial charge on any atom is -0.0238 e. The van der Waals surface area contributed by atoms with Gasteiger partial charge in [-0.3, -0.25) is 0 Å². The van der Waals surface area contributed by atoms with Gasteiger partial charge in [0, 0.05) is 0 Å². The van der Waals surface area contributed by atoms with Crippen LogP contribution in [-0.2, 0) is 0 Å². The van der Waals surface area contributed by atoms with Gasteiger partial charge in [-0.15, -0.1) is 0 Å². The van der Waals surface area contributed by atoms with Crippen molar-refractivity contribution in [3.8, 4) is 0 Å². The van der Waals surface area contributed by atoms with Gasteiger partial charge >= 0.3 is 0 Å². The maximum atomic E-state index is 1.91. The Bertz CT molecular complexity index is 111. The Kier molecular flexibility index (Phi) is 3.69. The summed E-state index contributed by atoms with van der Waals surface area (Å²) in [5.74, 6) is 3.00. The van der Waals surface area contributed by atoms with Crippen LogP contribution in [0.1, 0.15) is 70.6 Å². The molecule has 0 amide bonds. The smallest absolute Gasteiger partial charge is 0.0238 e. The van der Waals surface area contributed by atoms with Crippen LogP contribution in [0, 0.1) is 11.8 Å². The van der Waals surface area contributed by atoms with E-state index in [4.69, 9.17) is 0 Å². The molecule has 0 aromatic rings. The van der Waals surface area contributed by atoms with Crippen molar-refractivity contribution in [1.29, 1.82) is 0 Å². The van der Waals surface area contributed by atoms with Crippen LogP contribution in [0.4, 0.5) is 0 Å². The molecule has 0 saturated heterocycles.